The third kappa shape index (κ3) is 38.2. The average Bonchev–Trinajstić information content (AvgIpc) is 3.66. The number of unbranched alkanes of at least 4 members (excludes halogenated alkanes) is 24. The summed E-state index contributed by atoms with van der Waals surface area (Å²) in [4.78, 5) is 100. The molecule has 0 aliphatic carbocycles. The van der Waals surface area contributed by atoms with Crippen molar-refractivity contribution in [2.45, 2.75) is 301 Å². The maximum absolute atomic E-state index is 14.6. The number of rotatable bonds is 50. The first kappa shape index (κ1) is 81.1. The zero-order chi connectivity index (χ0) is 64.0. The zero-order valence-corrected chi connectivity index (χ0v) is 53.0. The first-order valence-corrected chi connectivity index (χ1v) is 32.5. The number of amides is 3. The Kier molecular flexibility index (Phi) is 47.8. The Morgan fingerprint density at radius 2 is 1.15 bits per heavy atom. The molecule has 1 rings (SSSR count). The van der Waals surface area contributed by atoms with Crippen LogP contribution in [0.3, 0.4) is 0 Å². The van der Waals surface area contributed by atoms with Crippen molar-refractivity contribution in [1.29, 1.82) is 0 Å². The molecule has 0 radical (unpaired) electrons. The highest BCUT2D eigenvalue weighted by molar-refractivity contribution is 7.32. The topological polar surface area (TPSA) is 407 Å². The van der Waals surface area contributed by atoms with Crippen LogP contribution in [0.25, 0.3) is 0 Å². The molecule has 496 valence electrons. The third-order valence-corrected chi connectivity index (χ3v) is 15.0. The van der Waals surface area contributed by atoms with Gasteiger partial charge in [-0.3, -0.25) is 34.1 Å². The van der Waals surface area contributed by atoms with E-state index in [9.17, 15) is 58.6 Å². The van der Waals surface area contributed by atoms with Crippen LogP contribution in [0.5, 0.6) is 0 Å². The Bertz CT molecular complexity index is 1860. The smallest absolute Gasteiger partial charge is 0.456 e. The SMILES string of the molecule is CCCCCCCCCCCCCCCC(=O)OC([C@H](CO)OC(=O)CCCCCCCCCCCCCCC)[C@@](C)(NCC(C)O[C@H]1[C@H](O)[C@@H](CO)O[C@H](O)[C@@H]1NC(C)=O)C(=O)OC(=O)CC[C@H](NC(=O)[C@H](C)N)C(N)=O.NCCO[P+](=O)O. The predicted molar refractivity (Wildman–Crippen MR) is 320 cm³/mol. The number of ether oxygens (including phenoxy) is 5. The fourth-order valence-electron chi connectivity index (χ4n) is 9.60. The van der Waals surface area contributed by atoms with E-state index in [4.69, 9.17) is 45.8 Å². The van der Waals surface area contributed by atoms with Crippen molar-refractivity contribution in [2.24, 2.45) is 17.2 Å². The van der Waals surface area contributed by atoms with E-state index in [0.29, 0.717) is 19.3 Å². The lowest BCUT2D eigenvalue weighted by Crippen LogP contribution is -2.67. The van der Waals surface area contributed by atoms with Crippen LogP contribution in [0, 0.1) is 0 Å². The Labute approximate surface area is 506 Å². The molecule has 3 unspecified atom stereocenters. The molecule has 1 saturated heterocycles. The van der Waals surface area contributed by atoms with E-state index in [0.717, 1.165) is 57.8 Å². The van der Waals surface area contributed by atoms with Gasteiger partial charge in [0.1, 0.15) is 37.0 Å². The maximum atomic E-state index is 14.6. The molecular formula is C59H112N6O19P+. The minimum atomic E-state index is -2.44. The van der Waals surface area contributed by atoms with Gasteiger partial charge < -0.3 is 71.9 Å². The number of carbonyl (C=O) groups excluding carboxylic acids is 7. The van der Waals surface area contributed by atoms with Gasteiger partial charge in [0.15, 0.2) is 24.0 Å². The van der Waals surface area contributed by atoms with Gasteiger partial charge in [0.2, 0.25) is 17.7 Å². The van der Waals surface area contributed by atoms with E-state index in [2.05, 4.69) is 34.3 Å². The molecule has 25 nitrogen and oxygen atoms in total. The second-order valence-electron chi connectivity index (χ2n) is 22.5. The Morgan fingerprint density at radius 3 is 1.54 bits per heavy atom. The van der Waals surface area contributed by atoms with Crippen LogP contribution in [-0.2, 0) is 66.3 Å². The van der Waals surface area contributed by atoms with Crippen LogP contribution in [0.1, 0.15) is 234 Å². The number of aliphatic hydroxyl groups excluding tert-OH is 4. The van der Waals surface area contributed by atoms with Gasteiger partial charge in [-0.25, -0.2) is 4.79 Å². The maximum Gasteiger partial charge on any atom is 0.694 e. The number of hydrogen-bond acceptors (Lipinski definition) is 21. The van der Waals surface area contributed by atoms with Crippen molar-refractivity contribution in [3.8, 4) is 0 Å². The minimum Gasteiger partial charge on any atom is -0.456 e. The van der Waals surface area contributed by atoms with Crippen molar-refractivity contribution < 1.29 is 91.7 Å². The van der Waals surface area contributed by atoms with Crippen molar-refractivity contribution in [3.63, 3.8) is 0 Å². The summed E-state index contributed by atoms with van der Waals surface area (Å²) in [6, 6.07) is -3.71. The van der Waals surface area contributed by atoms with Gasteiger partial charge in [0, 0.05) is 43.8 Å². The molecule has 1 aliphatic rings. The molecule has 0 spiro atoms. The van der Waals surface area contributed by atoms with Crippen molar-refractivity contribution in [1.82, 2.24) is 16.0 Å². The molecule has 1 heterocycles. The monoisotopic (exact) mass is 1240 g/mol. The highest BCUT2D eigenvalue weighted by Gasteiger charge is 2.52. The fraction of sp³-hybridized carbons (Fsp3) is 0.881. The van der Waals surface area contributed by atoms with Crippen LogP contribution >= 0.6 is 8.25 Å². The summed E-state index contributed by atoms with van der Waals surface area (Å²) in [5.74, 6) is -6.40. The van der Waals surface area contributed by atoms with Gasteiger partial charge in [-0.2, -0.15) is 0 Å². The number of nitrogens with two attached hydrogens (primary N) is 3. The Morgan fingerprint density at radius 1 is 0.694 bits per heavy atom. The highest BCUT2D eigenvalue weighted by Crippen LogP contribution is 2.27. The van der Waals surface area contributed by atoms with Crippen LogP contribution < -0.4 is 33.2 Å². The van der Waals surface area contributed by atoms with Crippen LogP contribution in [0.15, 0.2) is 0 Å². The summed E-state index contributed by atoms with van der Waals surface area (Å²) in [5, 5.41) is 50.5. The van der Waals surface area contributed by atoms with Gasteiger partial charge in [0.25, 0.3) is 0 Å². The standard InChI is InChI=1S/C57H105N5O16.C2H6NO3P/c1-7-9-11-13-15-17-19-21-23-25-27-29-31-33-46(66)75-45(39-64)52(77-47(67)34-32-30-28-26-24-22-20-18-16-14-12-10-8-2)57(6,56(73)78-48(68)36-35-43(53(59)70)62-54(71)41(4)58)60-37-40(3)74-51-49(61-42(5)65)55(72)76-44(38-63)50(51)69;3-1-2-6-7(4)5/h40-41,43-45,49-52,55,60,63-64,69,72H,7-39,58H2,1-6H3,(H2,59,70)(H,61,65)(H,62,71);1-3H2/p+1/t40?,41-,43-,44+,45-,49+,50+,51+,52?,55-,57+;/m0./s1. The lowest BCUT2D eigenvalue weighted by molar-refractivity contribution is -0.267. The van der Waals surface area contributed by atoms with Crippen molar-refractivity contribution >= 4 is 49.9 Å². The quantitative estimate of drug-likeness (QED) is 0.0122. The second kappa shape index (κ2) is 50.1. The number of hydrogen-bond donors (Lipinski definition) is 11. The summed E-state index contributed by atoms with van der Waals surface area (Å²) in [6.07, 6.45) is 16.3. The first-order chi connectivity index (χ1) is 40.5. The van der Waals surface area contributed by atoms with Gasteiger partial charge in [0.05, 0.1) is 25.4 Å². The van der Waals surface area contributed by atoms with E-state index in [1.807, 2.05) is 0 Å². The first-order valence-electron chi connectivity index (χ1n) is 31.4. The molecule has 0 saturated carbocycles. The molecular weight excluding hydrogens is 1130 g/mol. The van der Waals surface area contributed by atoms with E-state index in [1.54, 1.807) is 0 Å². The molecule has 14 N–H and O–H groups in total. The normalized spacial score (nSPS) is 19.4. The second-order valence-corrected chi connectivity index (χ2v) is 23.2. The zero-order valence-electron chi connectivity index (χ0n) is 52.2. The summed E-state index contributed by atoms with van der Waals surface area (Å²) < 4.78 is 42.4. The van der Waals surface area contributed by atoms with Gasteiger partial charge in [-0.1, -0.05) is 168 Å². The molecule has 26 heteroatoms. The molecule has 85 heavy (non-hydrogen) atoms. The van der Waals surface area contributed by atoms with Crippen molar-refractivity contribution in [3.05, 3.63) is 0 Å². The van der Waals surface area contributed by atoms with Crippen LogP contribution in [0.4, 0.5) is 0 Å². The molecule has 0 bridgehead atoms. The van der Waals surface area contributed by atoms with E-state index in [-0.39, 0.29) is 32.5 Å². The highest BCUT2D eigenvalue weighted by atomic mass is 31.1. The van der Waals surface area contributed by atoms with Gasteiger partial charge in [-0.15, -0.1) is 9.42 Å². The number of aliphatic hydroxyl groups is 4. The molecule has 12 atom stereocenters. The molecule has 0 aromatic carbocycles. The van der Waals surface area contributed by atoms with E-state index < -0.39 is 142 Å². The fourth-order valence-corrected chi connectivity index (χ4v) is 9.86. The van der Waals surface area contributed by atoms with Crippen LogP contribution in [0.2, 0.25) is 0 Å². The molecule has 1 aliphatic heterocycles. The summed E-state index contributed by atoms with van der Waals surface area (Å²) in [6.45, 7) is 8.04. The number of primary amides is 1. The third-order valence-electron chi connectivity index (χ3n) is 14.6. The van der Waals surface area contributed by atoms with E-state index >= 15 is 0 Å². The lowest BCUT2D eigenvalue weighted by atomic mass is 9.89. The van der Waals surface area contributed by atoms with Gasteiger partial charge >= 0.3 is 32.1 Å². The number of nitrogens with one attached hydrogen (secondary N) is 3. The lowest BCUT2D eigenvalue weighted by Gasteiger charge is -2.44. The molecule has 0 aromatic heterocycles. The van der Waals surface area contributed by atoms with E-state index in [1.165, 1.54) is 118 Å². The number of esters is 4. The van der Waals surface area contributed by atoms with Crippen LogP contribution in [-0.4, -0.2) is 166 Å². The van der Waals surface area contributed by atoms with Gasteiger partial charge in [-0.05, 0) is 40.0 Å². The summed E-state index contributed by atoms with van der Waals surface area (Å²) >= 11 is 0. The molecule has 1 fully saturated rings. The molecule has 0 aromatic rings. The van der Waals surface area contributed by atoms with Crippen molar-refractivity contribution in [2.75, 3.05) is 32.9 Å². The Balaban J connectivity index is 0.00000942. The summed E-state index contributed by atoms with van der Waals surface area (Å²) in [5.41, 5.74) is 13.7. The average molecular weight is 1240 g/mol. The molecule has 3 amide bonds. The number of carbonyl (C=O) groups is 7. The minimum absolute atomic E-state index is 0.0457. The largest absolute Gasteiger partial charge is 0.694 e. The summed E-state index contributed by atoms with van der Waals surface area (Å²) in [7, 11) is -2.44. The predicted octanol–water partition coefficient (Wildman–Crippen LogP) is 5.24. The Hall–Kier alpha value is -3.85.